The third kappa shape index (κ3) is 1.61. The number of piperidine rings is 1. The molecule has 3 aliphatic rings. The highest BCUT2D eigenvalue weighted by Gasteiger charge is 2.35. The maximum absolute atomic E-state index is 4.09. The molecule has 3 rings (SSSR count). The van der Waals surface area contributed by atoms with Gasteiger partial charge in [0.05, 0.1) is 0 Å². The lowest BCUT2D eigenvalue weighted by atomic mass is 9.84. The number of allylic oxidation sites excluding steroid dienone is 1. The minimum atomic E-state index is 0.811. The summed E-state index contributed by atoms with van der Waals surface area (Å²) in [5, 5.41) is 0. The van der Waals surface area contributed by atoms with Crippen LogP contribution >= 0.6 is 0 Å². The molecule has 0 radical (unpaired) electrons. The third-order valence-corrected chi connectivity index (χ3v) is 3.92. The number of hydrogen-bond donors (Lipinski definition) is 0. The molecule has 0 spiro atoms. The molecule has 0 aromatic carbocycles. The molecule has 3 atom stereocenters. The predicted molar refractivity (Wildman–Crippen MR) is 56.4 cm³/mol. The van der Waals surface area contributed by atoms with E-state index in [9.17, 15) is 0 Å². The second-order valence-electron chi connectivity index (χ2n) is 4.95. The highest BCUT2D eigenvalue weighted by atomic mass is 15.2. The summed E-state index contributed by atoms with van der Waals surface area (Å²) < 4.78 is 0. The summed E-state index contributed by atoms with van der Waals surface area (Å²) in [7, 11) is 0. The van der Waals surface area contributed by atoms with Crippen molar-refractivity contribution >= 4 is 0 Å². The fourth-order valence-electron chi connectivity index (χ4n) is 3.06. The lowest BCUT2D eigenvalue weighted by molar-refractivity contribution is 0.119. The molecule has 1 nitrogen and oxygen atoms in total. The first-order valence-electron chi connectivity index (χ1n) is 5.60. The molecular formula is C12H21N. The van der Waals surface area contributed by atoms with Gasteiger partial charge < -0.3 is 4.90 Å². The van der Waals surface area contributed by atoms with Crippen LogP contribution in [-0.2, 0) is 0 Å². The van der Waals surface area contributed by atoms with Crippen molar-refractivity contribution in [1.29, 1.82) is 0 Å². The molecule has 2 heterocycles. The van der Waals surface area contributed by atoms with E-state index in [1.54, 1.807) is 0 Å². The van der Waals surface area contributed by atoms with Crippen molar-refractivity contribution in [3.8, 4) is 0 Å². The van der Waals surface area contributed by atoms with Gasteiger partial charge in [-0.3, -0.25) is 0 Å². The quantitative estimate of drug-likeness (QED) is 0.598. The molecular weight excluding hydrogens is 158 g/mol. The highest BCUT2D eigenvalue weighted by molar-refractivity contribution is 4.99. The highest BCUT2D eigenvalue weighted by Crippen LogP contribution is 2.38. The average molecular weight is 179 g/mol. The first kappa shape index (κ1) is 9.11. The molecule has 2 aliphatic heterocycles. The first-order valence-corrected chi connectivity index (χ1v) is 5.60. The van der Waals surface area contributed by atoms with E-state index >= 15 is 0 Å². The van der Waals surface area contributed by atoms with E-state index < -0.39 is 0 Å². The van der Waals surface area contributed by atoms with Gasteiger partial charge in [0.25, 0.3) is 0 Å². The van der Waals surface area contributed by atoms with Crippen molar-refractivity contribution in [2.75, 3.05) is 6.54 Å². The van der Waals surface area contributed by atoms with Crippen molar-refractivity contribution in [2.45, 2.75) is 45.6 Å². The maximum atomic E-state index is 4.09. The molecule has 0 aromatic rings. The normalized spacial score (nSPS) is 38.9. The van der Waals surface area contributed by atoms with Crippen LogP contribution in [0.5, 0.6) is 0 Å². The number of rotatable bonds is 1. The Balaban J connectivity index is 2.15. The zero-order chi connectivity index (χ0) is 9.42. The second-order valence-corrected chi connectivity index (χ2v) is 4.95. The van der Waals surface area contributed by atoms with Crippen LogP contribution in [-0.4, -0.2) is 17.5 Å². The van der Waals surface area contributed by atoms with Gasteiger partial charge in [0.1, 0.15) is 0 Å². The first-order chi connectivity index (χ1) is 6.18. The van der Waals surface area contributed by atoms with E-state index in [1.165, 1.54) is 37.9 Å². The average Bonchev–Trinajstić information content (AvgIpc) is 2.35. The molecule has 0 aromatic heterocycles. The summed E-state index contributed by atoms with van der Waals surface area (Å²) in [6, 6.07) is 0.811. The molecule has 2 bridgehead atoms. The number of nitrogens with zero attached hydrogens (tertiary/aromatic N) is 1. The van der Waals surface area contributed by atoms with Crippen LogP contribution in [0, 0.1) is 11.8 Å². The Bertz CT molecular complexity index is 209. The lowest BCUT2D eigenvalue weighted by Crippen LogP contribution is -2.43. The van der Waals surface area contributed by atoms with E-state index in [0.717, 1.165) is 17.9 Å². The van der Waals surface area contributed by atoms with Crippen molar-refractivity contribution in [2.24, 2.45) is 11.8 Å². The molecule has 1 heteroatoms. The fourth-order valence-corrected chi connectivity index (χ4v) is 3.06. The molecule has 0 amide bonds. The molecule has 3 fully saturated rings. The Morgan fingerprint density at radius 3 is 2.85 bits per heavy atom. The van der Waals surface area contributed by atoms with E-state index in [-0.39, 0.29) is 0 Å². The lowest BCUT2D eigenvalue weighted by Gasteiger charge is -2.42. The van der Waals surface area contributed by atoms with Crippen LogP contribution in [0.2, 0.25) is 0 Å². The van der Waals surface area contributed by atoms with Crippen LogP contribution < -0.4 is 0 Å². The molecule has 74 valence electrons. The van der Waals surface area contributed by atoms with Gasteiger partial charge in [0.2, 0.25) is 0 Å². The Labute approximate surface area is 81.8 Å². The summed E-state index contributed by atoms with van der Waals surface area (Å²) in [6.45, 7) is 9.96. The number of hydrogen-bond acceptors (Lipinski definition) is 1. The van der Waals surface area contributed by atoms with Crippen LogP contribution in [0.1, 0.15) is 39.5 Å². The van der Waals surface area contributed by atoms with Crippen molar-refractivity contribution in [3.63, 3.8) is 0 Å². The maximum Gasteiger partial charge on any atom is 0.0289 e. The standard InChI is InChI=1S/C12H21N/c1-9(2)13-8-11-5-4-6-12(13)7-10(11)3/h10-12H,1,4-8H2,2-3H3/t10?,11-,12?/m0/s1. The Kier molecular flexibility index (Phi) is 2.35. The minimum absolute atomic E-state index is 0.811. The summed E-state index contributed by atoms with van der Waals surface area (Å²) >= 11 is 0. The molecule has 1 saturated carbocycles. The van der Waals surface area contributed by atoms with Crippen LogP contribution in [0.15, 0.2) is 12.3 Å². The largest absolute Gasteiger partial charge is 0.372 e. The van der Waals surface area contributed by atoms with E-state index in [0.29, 0.717) is 0 Å². The van der Waals surface area contributed by atoms with E-state index in [2.05, 4.69) is 25.3 Å². The fraction of sp³-hybridized carbons (Fsp3) is 0.833. The Hall–Kier alpha value is -0.460. The third-order valence-electron chi connectivity index (χ3n) is 3.92. The smallest absolute Gasteiger partial charge is 0.0289 e. The summed E-state index contributed by atoms with van der Waals surface area (Å²) in [4.78, 5) is 2.55. The number of fused-ring (bicyclic) bond motifs is 4. The van der Waals surface area contributed by atoms with Gasteiger partial charge in [-0.1, -0.05) is 19.9 Å². The Morgan fingerprint density at radius 1 is 1.38 bits per heavy atom. The molecule has 2 saturated heterocycles. The SMILES string of the molecule is C=C(C)N1C[C@@H]2CCCC1CC2C. The van der Waals surface area contributed by atoms with Crippen LogP contribution in [0.25, 0.3) is 0 Å². The summed E-state index contributed by atoms with van der Waals surface area (Å²) in [6.07, 6.45) is 5.68. The molecule has 13 heavy (non-hydrogen) atoms. The van der Waals surface area contributed by atoms with Crippen LogP contribution in [0.4, 0.5) is 0 Å². The minimum Gasteiger partial charge on any atom is -0.372 e. The molecule has 1 aliphatic carbocycles. The topological polar surface area (TPSA) is 3.24 Å². The van der Waals surface area contributed by atoms with Gasteiger partial charge in [-0.15, -0.1) is 0 Å². The van der Waals surface area contributed by atoms with Crippen LogP contribution in [0.3, 0.4) is 0 Å². The Morgan fingerprint density at radius 2 is 2.15 bits per heavy atom. The predicted octanol–water partition coefficient (Wildman–Crippen LogP) is 3.03. The monoisotopic (exact) mass is 179 g/mol. The van der Waals surface area contributed by atoms with E-state index in [4.69, 9.17) is 0 Å². The summed E-state index contributed by atoms with van der Waals surface area (Å²) in [5.74, 6) is 1.89. The van der Waals surface area contributed by atoms with Gasteiger partial charge in [-0.2, -0.15) is 0 Å². The molecule has 0 N–H and O–H groups in total. The zero-order valence-electron chi connectivity index (χ0n) is 8.92. The molecule has 2 unspecified atom stereocenters. The van der Waals surface area contributed by atoms with Crippen molar-refractivity contribution in [1.82, 2.24) is 4.90 Å². The van der Waals surface area contributed by atoms with Gasteiger partial charge in [-0.25, -0.2) is 0 Å². The van der Waals surface area contributed by atoms with Crippen molar-refractivity contribution < 1.29 is 0 Å². The van der Waals surface area contributed by atoms with E-state index in [1.807, 2.05) is 0 Å². The van der Waals surface area contributed by atoms with Gasteiger partial charge in [0, 0.05) is 18.3 Å². The summed E-state index contributed by atoms with van der Waals surface area (Å²) in [5.41, 5.74) is 1.28. The van der Waals surface area contributed by atoms with Gasteiger partial charge >= 0.3 is 0 Å². The van der Waals surface area contributed by atoms with Gasteiger partial charge in [-0.05, 0) is 38.0 Å². The zero-order valence-corrected chi connectivity index (χ0v) is 8.92. The van der Waals surface area contributed by atoms with Crippen molar-refractivity contribution in [3.05, 3.63) is 12.3 Å². The second kappa shape index (κ2) is 3.36. The van der Waals surface area contributed by atoms with Gasteiger partial charge in [0.15, 0.2) is 0 Å².